The van der Waals surface area contributed by atoms with E-state index in [1.165, 1.54) is 0 Å². The first-order chi connectivity index (χ1) is 12.6. The third-order valence-electron chi connectivity index (χ3n) is 4.47. The zero-order valence-corrected chi connectivity index (χ0v) is 18.0. The lowest BCUT2D eigenvalue weighted by atomic mass is 10.2. The van der Waals surface area contributed by atoms with Crippen LogP contribution in [-0.4, -0.2) is 63.0 Å². The second-order valence-electron chi connectivity index (χ2n) is 7.84. The number of halogens is 1. The summed E-state index contributed by atoms with van der Waals surface area (Å²) in [7, 11) is 0. The zero-order valence-electron chi connectivity index (χ0n) is 16.4. The summed E-state index contributed by atoms with van der Waals surface area (Å²) in [6.45, 7) is 11.2. The fraction of sp³-hybridized carbons (Fsp3) is 0.526. The Kier molecular flexibility index (Phi) is 5.20. The van der Waals surface area contributed by atoms with E-state index in [0.29, 0.717) is 37.6 Å². The predicted molar refractivity (Wildman–Crippen MR) is 106 cm³/mol. The first kappa shape index (κ1) is 19.7. The third-order valence-corrected chi connectivity index (χ3v) is 4.90. The van der Waals surface area contributed by atoms with Crippen molar-refractivity contribution in [1.29, 1.82) is 0 Å². The number of imidazole rings is 1. The van der Waals surface area contributed by atoms with Crippen LogP contribution in [0.5, 0.6) is 0 Å². The van der Waals surface area contributed by atoms with Gasteiger partial charge in [-0.1, -0.05) is 0 Å². The van der Waals surface area contributed by atoms with Crippen LogP contribution in [0.4, 0.5) is 4.79 Å². The van der Waals surface area contributed by atoms with Crippen LogP contribution in [0.2, 0.25) is 0 Å². The van der Waals surface area contributed by atoms with E-state index in [0.717, 1.165) is 15.7 Å². The van der Waals surface area contributed by atoms with E-state index in [9.17, 15) is 9.59 Å². The summed E-state index contributed by atoms with van der Waals surface area (Å²) in [5.74, 6) is -0.0682. The molecule has 0 N–H and O–H groups in total. The molecule has 0 aliphatic carbocycles. The Morgan fingerprint density at radius 2 is 1.70 bits per heavy atom. The Bertz CT molecular complexity index is 892. The van der Waals surface area contributed by atoms with Crippen LogP contribution in [0.3, 0.4) is 0 Å². The molecule has 3 heterocycles. The van der Waals surface area contributed by atoms with Gasteiger partial charge in [-0.3, -0.25) is 9.20 Å². The number of nitrogens with zero attached hydrogens (tertiary/aromatic N) is 4. The quantitative estimate of drug-likeness (QED) is 0.686. The van der Waals surface area contributed by atoms with Gasteiger partial charge in [0.15, 0.2) is 0 Å². The molecule has 1 aliphatic heterocycles. The molecule has 0 bridgehead atoms. The maximum absolute atomic E-state index is 13.1. The SMILES string of the molecule is Cc1nc2c(C)cc(Br)cn2c1C(=O)N1CCN(C(=O)OC(C)(C)C)CC1. The minimum Gasteiger partial charge on any atom is -0.444 e. The van der Waals surface area contributed by atoms with Gasteiger partial charge in [0.05, 0.1) is 5.69 Å². The summed E-state index contributed by atoms with van der Waals surface area (Å²) in [6, 6.07) is 1.98. The van der Waals surface area contributed by atoms with Gasteiger partial charge >= 0.3 is 6.09 Å². The molecule has 27 heavy (non-hydrogen) atoms. The molecule has 1 saturated heterocycles. The minimum atomic E-state index is -0.525. The van der Waals surface area contributed by atoms with Crippen molar-refractivity contribution >= 4 is 33.6 Å². The summed E-state index contributed by atoms with van der Waals surface area (Å²) in [5, 5.41) is 0. The second-order valence-corrected chi connectivity index (χ2v) is 8.76. The molecule has 146 valence electrons. The molecule has 0 spiro atoms. The van der Waals surface area contributed by atoms with Gasteiger partial charge in [-0.05, 0) is 62.2 Å². The number of pyridine rings is 1. The molecule has 0 aromatic carbocycles. The molecular formula is C19H25BrN4O3. The van der Waals surface area contributed by atoms with Gasteiger partial charge in [0, 0.05) is 36.8 Å². The summed E-state index contributed by atoms with van der Waals surface area (Å²) >= 11 is 3.49. The van der Waals surface area contributed by atoms with Crippen molar-refractivity contribution in [3.05, 3.63) is 33.7 Å². The molecule has 3 rings (SSSR count). The van der Waals surface area contributed by atoms with E-state index in [4.69, 9.17) is 4.74 Å². The van der Waals surface area contributed by atoms with Crippen LogP contribution < -0.4 is 0 Å². The minimum absolute atomic E-state index is 0.0682. The highest BCUT2D eigenvalue weighted by Gasteiger charge is 2.30. The van der Waals surface area contributed by atoms with Crippen molar-refractivity contribution in [3.8, 4) is 0 Å². The number of ether oxygens (including phenoxy) is 1. The number of fused-ring (bicyclic) bond motifs is 1. The van der Waals surface area contributed by atoms with Crippen molar-refractivity contribution < 1.29 is 14.3 Å². The van der Waals surface area contributed by atoms with Gasteiger partial charge in [0.2, 0.25) is 0 Å². The number of piperazine rings is 1. The predicted octanol–water partition coefficient (Wildman–Crippen LogP) is 3.41. The third kappa shape index (κ3) is 4.10. The van der Waals surface area contributed by atoms with E-state index >= 15 is 0 Å². The largest absolute Gasteiger partial charge is 0.444 e. The second kappa shape index (κ2) is 7.14. The molecule has 0 unspecified atom stereocenters. The van der Waals surface area contributed by atoms with E-state index in [1.807, 2.05) is 51.3 Å². The molecule has 7 nitrogen and oxygen atoms in total. The summed E-state index contributed by atoms with van der Waals surface area (Å²) in [5.41, 5.74) is 2.53. The van der Waals surface area contributed by atoms with Gasteiger partial charge in [-0.15, -0.1) is 0 Å². The van der Waals surface area contributed by atoms with Crippen molar-refractivity contribution in [2.45, 2.75) is 40.2 Å². The monoisotopic (exact) mass is 436 g/mol. The van der Waals surface area contributed by atoms with Crippen LogP contribution in [-0.2, 0) is 4.74 Å². The molecule has 0 saturated carbocycles. The fourth-order valence-electron chi connectivity index (χ4n) is 3.21. The summed E-state index contributed by atoms with van der Waals surface area (Å²) < 4.78 is 8.15. The topological polar surface area (TPSA) is 67.2 Å². The average molecular weight is 437 g/mol. The lowest BCUT2D eigenvalue weighted by Crippen LogP contribution is -2.51. The Balaban J connectivity index is 1.76. The molecule has 2 aromatic heterocycles. The van der Waals surface area contributed by atoms with Crippen molar-refractivity contribution in [2.24, 2.45) is 0 Å². The average Bonchev–Trinajstić information content (AvgIpc) is 2.89. The van der Waals surface area contributed by atoms with Crippen molar-refractivity contribution in [2.75, 3.05) is 26.2 Å². The number of hydrogen-bond donors (Lipinski definition) is 0. The van der Waals surface area contributed by atoms with Crippen LogP contribution >= 0.6 is 15.9 Å². The van der Waals surface area contributed by atoms with E-state index < -0.39 is 5.60 Å². The fourth-order valence-corrected chi connectivity index (χ4v) is 3.76. The highest BCUT2D eigenvalue weighted by atomic mass is 79.9. The van der Waals surface area contributed by atoms with Crippen LogP contribution in [0.15, 0.2) is 16.7 Å². The van der Waals surface area contributed by atoms with Gasteiger partial charge < -0.3 is 14.5 Å². The lowest BCUT2D eigenvalue weighted by molar-refractivity contribution is 0.0140. The molecule has 0 radical (unpaired) electrons. The van der Waals surface area contributed by atoms with Crippen LogP contribution in [0, 0.1) is 13.8 Å². The van der Waals surface area contributed by atoms with E-state index in [-0.39, 0.29) is 12.0 Å². The normalized spacial score (nSPS) is 15.3. The number of rotatable bonds is 1. The van der Waals surface area contributed by atoms with Crippen molar-refractivity contribution in [3.63, 3.8) is 0 Å². The van der Waals surface area contributed by atoms with Crippen LogP contribution in [0.1, 0.15) is 42.5 Å². The highest BCUT2D eigenvalue weighted by molar-refractivity contribution is 9.10. The van der Waals surface area contributed by atoms with Gasteiger partial charge in [0.1, 0.15) is 16.9 Å². The van der Waals surface area contributed by atoms with E-state index in [1.54, 1.807) is 9.80 Å². The number of amides is 2. The molecule has 1 aliphatic rings. The number of carbonyl (C=O) groups is 2. The van der Waals surface area contributed by atoms with Crippen LogP contribution in [0.25, 0.3) is 5.65 Å². The molecule has 0 atom stereocenters. The lowest BCUT2D eigenvalue weighted by Gasteiger charge is -2.35. The standard InChI is InChI=1S/C19H25BrN4O3/c1-12-10-14(20)11-24-15(13(2)21-16(12)24)17(25)22-6-8-23(9-7-22)18(26)27-19(3,4)5/h10-11H,6-9H2,1-5H3. The maximum Gasteiger partial charge on any atom is 0.410 e. The molecule has 1 fully saturated rings. The summed E-state index contributed by atoms with van der Waals surface area (Å²) in [4.78, 5) is 33.3. The first-order valence-electron chi connectivity index (χ1n) is 8.99. The van der Waals surface area contributed by atoms with Gasteiger partial charge in [-0.2, -0.15) is 0 Å². The molecular weight excluding hydrogens is 412 g/mol. The van der Waals surface area contributed by atoms with Crippen molar-refractivity contribution in [1.82, 2.24) is 19.2 Å². The van der Waals surface area contributed by atoms with E-state index in [2.05, 4.69) is 20.9 Å². The number of aryl methyl sites for hydroxylation is 2. The number of aromatic nitrogens is 2. The Labute approximate surface area is 167 Å². The number of carbonyl (C=O) groups excluding carboxylic acids is 2. The maximum atomic E-state index is 13.1. The molecule has 2 aromatic rings. The molecule has 8 heteroatoms. The zero-order chi connectivity index (χ0) is 19.9. The van der Waals surface area contributed by atoms with Gasteiger partial charge in [0.25, 0.3) is 5.91 Å². The smallest absolute Gasteiger partial charge is 0.410 e. The first-order valence-corrected chi connectivity index (χ1v) is 9.78. The van der Waals surface area contributed by atoms with Gasteiger partial charge in [-0.25, -0.2) is 9.78 Å². The highest BCUT2D eigenvalue weighted by Crippen LogP contribution is 2.22. The number of hydrogen-bond acceptors (Lipinski definition) is 4. The summed E-state index contributed by atoms with van der Waals surface area (Å²) in [6.07, 6.45) is 1.53. The molecule has 2 amide bonds. The Morgan fingerprint density at radius 3 is 2.30 bits per heavy atom. The Hall–Kier alpha value is -2.09. The Morgan fingerprint density at radius 1 is 1.11 bits per heavy atom.